The highest BCUT2D eigenvalue weighted by Gasteiger charge is 2.34. The number of allylic oxidation sites excluding steroid dienone is 1. The maximum absolute atomic E-state index is 9.70. The molecule has 31 heavy (non-hydrogen) atoms. The fourth-order valence-electron chi connectivity index (χ4n) is 3.55. The highest BCUT2D eigenvalue weighted by molar-refractivity contribution is 5.57. The minimum Gasteiger partial charge on any atom is -0.493 e. The minimum atomic E-state index is -0.436. The number of methoxy groups -OCH3 is 1. The Morgan fingerprint density at radius 1 is 1.13 bits per heavy atom. The van der Waals surface area contributed by atoms with Crippen molar-refractivity contribution in [2.24, 2.45) is 5.73 Å². The van der Waals surface area contributed by atoms with Crippen LogP contribution in [0, 0.1) is 29.6 Å². The first kappa shape index (κ1) is 19.9. The third kappa shape index (κ3) is 3.63. The predicted molar refractivity (Wildman–Crippen MR) is 111 cm³/mol. The summed E-state index contributed by atoms with van der Waals surface area (Å²) in [6, 6.07) is 16.9. The van der Waals surface area contributed by atoms with E-state index in [1.54, 1.807) is 25.3 Å². The van der Waals surface area contributed by atoms with Gasteiger partial charge >= 0.3 is 0 Å². The lowest BCUT2D eigenvalue weighted by Crippen LogP contribution is -2.21. The fourth-order valence-corrected chi connectivity index (χ4v) is 3.55. The van der Waals surface area contributed by atoms with Crippen molar-refractivity contribution in [3.8, 4) is 29.5 Å². The Hall–Kier alpha value is -4.43. The molecule has 0 saturated heterocycles. The van der Waals surface area contributed by atoms with Crippen molar-refractivity contribution in [3.05, 3.63) is 81.9 Å². The molecule has 1 aliphatic rings. The first-order valence-electron chi connectivity index (χ1n) is 9.48. The van der Waals surface area contributed by atoms with E-state index in [1.807, 2.05) is 31.2 Å². The van der Waals surface area contributed by atoms with Crippen molar-refractivity contribution in [2.45, 2.75) is 19.4 Å². The van der Waals surface area contributed by atoms with Gasteiger partial charge < -0.3 is 19.9 Å². The number of hydrogen-bond acceptors (Lipinski definition) is 7. The number of H-pyrrole nitrogens is 1. The Morgan fingerprint density at radius 2 is 1.90 bits per heavy atom. The number of nitrogens with one attached hydrogen (secondary N) is 1. The number of hydrogen-bond donors (Lipinski definition) is 2. The minimum absolute atomic E-state index is 0.0339. The summed E-state index contributed by atoms with van der Waals surface area (Å²) in [6.07, 6.45) is 0. The summed E-state index contributed by atoms with van der Waals surface area (Å²) in [5.41, 5.74) is 10.2. The summed E-state index contributed by atoms with van der Waals surface area (Å²) < 4.78 is 17.0. The molecule has 0 fully saturated rings. The first-order chi connectivity index (χ1) is 15.0. The van der Waals surface area contributed by atoms with Crippen molar-refractivity contribution in [3.63, 3.8) is 0 Å². The van der Waals surface area contributed by atoms with E-state index >= 15 is 0 Å². The van der Waals surface area contributed by atoms with E-state index in [2.05, 4.69) is 22.3 Å². The van der Waals surface area contributed by atoms with Gasteiger partial charge in [-0.3, -0.25) is 5.10 Å². The van der Waals surface area contributed by atoms with Gasteiger partial charge in [0.05, 0.1) is 24.7 Å². The zero-order chi connectivity index (χ0) is 22.0. The summed E-state index contributed by atoms with van der Waals surface area (Å²) >= 11 is 0. The predicted octanol–water partition coefficient (Wildman–Crippen LogP) is 3.40. The van der Waals surface area contributed by atoms with Crippen LogP contribution in [0.5, 0.6) is 17.4 Å². The smallest absolute Gasteiger partial charge is 0.244 e. The molecule has 0 bridgehead atoms. The normalized spacial score (nSPS) is 14.8. The van der Waals surface area contributed by atoms with Crippen molar-refractivity contribution < 1.29 is 14.2 Å². The van der Waals surface area contributed by atoms with Crippen LogP contribution in [0.15, 0.2) is 53.9 Å². The Labute approximate surface area is 179 Å². The van der Waals surface area contributed by atoms with Gasteiger partial charge in [0, 0.05) is 11.3 Å². The molecular weight excluding hydrogens is 394 g/mol. The summed E-state index contributed by atoms with van der Waals surface area (Å²) in [4.78, 5) is 0. The summed E-state index contributed by atoms with van der Waals surface area (Å²) in [5.74, 6) is 1.04. The Morgan fingerprint density at radius 3 is 2.58 bits per heavy atom. The molecule has 0 radical (unpaired) electrons. The van der Waals surface area contributed by atoms with E-state index < -0.39 is 5.92 Å². The maximum atomic E-state index is 9.70. The Balaban J connectivity index is 1.65. The number of ether oxygens (including phenoxy) is 3. The van der Waals surface area contributed by atoms with Crippen LogP contribution in [0.25, 0.3) is 0 Å². The highest BCUT2D eigenvalue weighted by Crippen LogP contribution is 2.44. The van der Waals surface area contributed by atoms with Gasteiger partial charge in [-0.15, -0.1) is 5.10 Å². The van der Waals surface area contributed by atoms with Crippen LogP contribution in [0.3, 0.4) is 0 Å². The third-order valence-corrected chi connectivity index (χ3v) is 5.13. The number of nitrogens with two attached hydrogens (primary N) is 1. The second-order valence-electron chi connectivity index (χ2n) is 7.00. The van der Waals surface area contributed by atoms with Crippen molar-refractivity contribution in [1.82, 2.24) is 10.2 Å². The van der Waals surface area contributed by atoms with Crippen LogP contribution >= 0.6 is 0 Å². The Kier molecular flexibility index (Phi) is 5.21. The van der Waals surface area contributed by atoms with Gasteiger partial charge in [0.25, 0.3) is 0 Å². The topological polar surface area (TPSA) is 130 Å². The van der Waals surface area contributed by atoms with Gasteiger partial charge in [0.2, 0.25) is 11.8 Å². The number of nitrogens with zero attached hydrogens (tertiary/aromatic N) is 3. The van der Waals surface area contributed by atoms with Crippen molar-refractivity contribution in [1.29, 1.82) is 10.5 Å². The SMILES string of the molecule is COc1cc(C2C(C#N)=C(N)Oc3n[nH]c(C)c32)ccc1OCc1ccc(C#N)cc1. The van der Waals surface area contributed by atoms with Crippen molar-refractivity contribution >= 4 is 0 Å². The lowest BCUT2D eigenvalue weighted by Gasteiger charge is -2.24. The number of fused-ring (bicyclic) bond motifs is 1. The van der Waals surface area contributed by atoms with Gasteiger partial charge in [-0.1, -0.05) is 18.2 Å². The highest BCUT2D eigenvalue weighted by atomic mass is 16.5. The standard InChI is InChI=1S/C23H19N5O3/c1-13-20-21(17(11-25)22(26)31-23(20)28-27-13)16-7-8-18(19(9-16)29-2)30-12-15-5-3-14(10-24)4-6-15/h3-9,21H,12,26H2,1-2H3,(H,27,28). The molecule has 2 aromatic carbocycles. The largest absolute Gasteiger partial charge is 0.493 e. The molecule has 1 unspecified atom stereocenters. The van der Waals surface area contributed by atoms with E-state index in [0.717, 1.165) is 22.4 Å². The van der Waals surface area contributed by atoms with E-state index in [9.17, 15) is 5.26 Å². The molecule has 0 spiro atoms. The molecule has 8 nitrogen and oxygen atoms in total. The van der Waals surface area contributed by atoms with E-state index in [1.165, 1.54) is 0 Å². The van der Waals surface area contributed by atoms with Gasteiger partial charge in [-0.05, 0) is 42.3 Å². The Bertz CT molecular complexity index is 1250. The third-order valence-electron chi connectivity index (χ3n) is 5.13. The number of rotatable bonds is 5. The molecule has 0 saturated carbocycles. The molecule has 8 heteroatoms. The quantitative estimate of drug-likeness (QED) is 0.655. The molecular formula is C23H19N5O3. The molecule has 1 aliphatic heterocycles. The van der Waals surface area contributed by atoms with Gasteiger partial charge in [0.1, 0.15) is 18.2 Å². The van der Waals surface area contributed by atoms with Crippen LogP contribution < -0.4 is 19.9 Å². The van der Waals surface area contributed by atoms with E-state index in [0.29, 0.717) is 35.1 Å². The van der Waals surface area contributed by atoms with Crippen molar-refractivity contribution in [2.75, 3.05) is 7.11 Å². The second kappa shape index (κ2) is 8.13. The van der Waals surface area contributed by atoms with Gasteiger partial charge in [0.15, 0.2) is 11.5 Å². The van der Waals surface area contributed by atoms with Crippen LogP contribution in [0.1, 0.15) is 33.9 Å². The lowest BCUT2D eigenvalue weighted by atomic mass is 9.84. The molecule has 4 rings (SSSR count). The molecule has 3 N–H and O–H groups in total. The van der Waals surface area contributed by atoms with Gasteiger partial charge in [-0.2, -0.15) is 10.5 Å². The molecule has 154 valence electrons. The van der Waals surface area contributed by atoms with Crippen LogP contribution in [0.2, 0.25) is 0 Å². The lowest BCUT2D eigenvalue weighted by molar-refractivity contribution is 0.284. The molecule has 0 amide bonds. The van der Waals surface area contributed by atoms with E-state index in [-0.39, 0.29) is 5.88 Å². The van der Waals surface area contributed by atoms with Gasteiger partial charge in [-0.25, -0.2) is 0 Å². The maximum Gasteiger partial charge on any atom is 0.244 e. The summed E-state index contributed by atoms with van der Waals surface area (Å²) in [6.45, 7) is 2.19. The number of nitriles is 2. The monoisotopic (exact) mass is 413 g/mol. The zero-order valence-electron chi connectivity index (χ0n) is 17.0. The molecule has 0 aliphatic carbocycles. The zero-order valence-corrected chi connectivity index (χ0v) is 17.0. The number of aromatic amines is 1. The molecule has 3 aromatic rings. The second-order valence-corrected chi connectivity index (χ2v) is 7.00. The molecule has 1 atom stereocenters. The molecule has 2 heterocycles. The average Bonchev–Trinajstić information content (AvgIpc) is 3.16. The average molecular weight is 413 g/mol. The van der Waals surface area contributed by atoms with Crippen LogP contribution in [-0.4, -0.2) is 17.3 Å². The summed E-state index contributed by atoms with van der Waals surface area (Å²) in [5, 5.41) is 25.6. The van der Waals surface area contributed by atoms with Crippen LogP contribution in [-0.2, 0) is 6.61 Å². The molecule has 1 aromatic heterocycles. The number of aryl methyl sites for hydroxylation is 1. The van der Waals surface area contributed by atoms with Crippen LogP contribution in [0.4, 0.5) is 0 Å². The van der Waals surface area contributed by atoms with E-state index in [4.69, 9.17) is 25.2 Å². The number of benzene rings is 2. The summed E-state index contributed by atoms with van der Waals surface area (Å²) in [7, 11) is 1.56. The first-order valence-corrected chi connectivity index (χ1v) is 9.48. The fraction of sp³-hybridized carbons (Fsp3) is 0.174. The number of aromatic nitrogens is 2.